The molecule has 0 aliphatic heterocycles. The minimum absolute atomic E-state index is 0.175. The zero-order valence-corrected chi connectivity index (χ0v) is 11.9. The summed E-state index contributed by atoms with van der Waals surface area (Å²) in [5, 5.41) is 11.8. The van der Waals surface area contributed by atoms with E-state index in [0.717, 1.165) is 5.56 Å². The number of nitrogens with one attached hydrogen (secondary N) is 1. The van der Waals surface area contributed by atoms with Crippen molar-refractivity contribution < 1.29 is 14.7 Å². The molecule has 0 saturated heterocycles. The van der Waals surface area contributed by atoms with E-state index >= 15 is 0 Å². The summed E-state index contributed by atoms with van der Waals surface area (Å²) in [7, 11) is 0. The molecule has 1 atom stereocenters. The molecule has 21 heavy (non-hydrogen) atoms. The molecule has 1 unspecified atom stereocenters. The summed E-state index contributed by atoms with van der Waals surface area (Å²) in [6.45, 7) is 7.94. The zero-order valence-electron chi connectivity index (χ0n) is 11.9. The lowest BCUT2D eigenvalue weighted by molar-refractivity contribution is -0.137. The highest BCUT2D eigenvalue weighted by Gasteiger charge is 2.20. The van der Waals surface area contributed by atoms with Crippen molar-refractivity contribution in [3.05, 3.63) is 61.2 Å². The van der Waals surface area contributed by atoms with Gasteiger partial charge in [0, 0.05) is 13.1 Å². The molecular weight excluding hydrogens is 268 g/mol. The molecule has 112 valence electrons. The Morgan fingerprint density at radius 3 is 2.24 bits per heavy atom. The molecule has 2 N–H and O–H groups in total. The van der Waals surface area contributed by atoms with Crippen molar-refractivity contribution in [2.24, 2.45) is 0 Å². The number of hydrogen-bond acceptors (Lipinski definition) is 2. The molecule has 2 amide bonds. The van der Waals surface area contributed by atoms with Gasteiger partial charge in [0.15, 0.2) is 0 Å². The monoisotopic (exact) mass is 288 g/mol. The Kier molecular flexibility index (Phi) is 6.74. The Bertz CT molecular complexity index is 490. The predicted octanol–water partition coefficient (Wildman–Crippen LogP) is 2.59. The van der Waals surface area contributed by atoms with Gasteiger partial charge < -0.3 is 15.3 Å². The van der Waals surface area contributed by atoms with Gasteiger partial charge in [-0.3, -0.25) is 4.79 Å². The maximum atomic E-state index is 12.2. The van der Waals surface area contributed by atoms with Gasteiger partial charge in [-0.15, -0.1) is 13.2 Å². The van der Waals surface area contributed by atoms with E-state index in [2.05, 4.69) is 18.5 Å². The van der Waals surface area contributed by atoms with E-state index in [1.54, 1.807) is 24.3 Å². The zero-order chi connectivity index (χ0) is 15.7. The first-order valence-electron chi connectivity index (χ1n) is 6.62. The molecule has 1 aromatic carbocycles. The number of carboxylic acid groups (broad SMARTS) is 1. The number of carbonyl (C=O) groups excluding carboxylic acids is 1. The van der Waals surface area contributed by atoms with Crippen molar-refractivity contribution >= 4 is 12.0 Å². The average Bonchev–Trinajstić information content (AvgIpc) is 2.46. The summed E-state index contributed by atoms with van der Waals surface area (Å²) < 4.78 is 0. The third-order valence-electron chi connectivity index (χ3n) is 2.86. The molecule has 0 aromatic heterocycles. The smallest absolute Gasteiger partial charge is 0.318 e. The number of amides is 2. The van der Waals surface area contributed by atoms with Crippen LogP contribution in [-0.2, 0) is 4.79 Å². The summed E-state index contributed by atoms with van der Waals surface area (Å²) in [5.41, 5.74) is 0.755. The van der Waals surface area contributed by atoms with Crippen LogP contribution in [0, 0.1) is 0 Å². The quantitative estimate of drug-likeness (QED) is 0.722. The maximum Gasteiger partial charge on any atom is 0.318 e. The summed E-state index contributed by atoms with van der Waals surface area (Å²) in [4.78, 5) is 24.7. The molecule has 0 aliphatic rings. The standard InChI is InChI=1S/C16H20N2O3/c1-3-10-18(11-4-2)16(21)17-14(12-15(19)20)13-8-6-5-7-9-13/h3-9,14H,1-2,10-12H2,(H,17,21)(H,19,20). The Morgan fingerprint density at radius 2 is 1.76 bits per heavy atom. The minimum Gasteiger partial charge on any atom is -0.481 e. The van der Waals surface area contributed by atoms with Gasteiger partial charge in [-0.05, 0) is 5.56 Å². The van der Waals surface area contributed by atoms with Crippen molar-refractivity contribution in [3.8, 4) is 0 Å². The number of urea groups is 1. The van der Waals surface area contributed by atoms with E-state index in [0.29, 0.717) is 13.1 Å². The van der Waals surface area contributed by atoms with Crippen molar-refractivity contribution in [1.82, 2.24) is 10.2 Å². The highest BCUT2D eigenvalue weighted by molar-refractivity contribution is 5.76. The number of carbonyl (C=O) groups is 2. The van der Waals surface area contributed by atoms with Gasteiger partial charge in [0.05, 0.1) is 12.5 Å². The van der Waals surface area contributed by atoms with Crippen LogP contribution >= 0.6 is 0 Å². The third kappa shape index (κ3) is 5.52. The highest BCUT2D eigenvalue weighted by Crippen LogP contribution is 2.17. The van der Waals surface area contributed by atoms with Crippen molar-refractivity contribution in [1.29, 1.82) is 0 Å². The van der Waals surface area contributed by atoms with E-state index in [1.165, 1.54) is 4.90 Å². The first-order valence-corrected chi connectivity index (χ1v) is 6.62. The molecule has 0 radical (unpaired) electrons. The summed E-state index contributed by atoms with van der Waals surface area (Å²) in [5.74, 6) is -0.969. The van der Waals surface area contributed by atoms with Crippen LogP contribution in [0.1, 0.15) is 18.0 Å². The first-order chi connectivity index (χ1) is 10.1. The maximum absolute atomic E-state index is 12.2. The molecule has 0 heterocycles. The summed E-state index contributed by atoms with van der Waals surface area (Å²) >= 11 is 0. The van der Waals surface area contributed by atoms with Crippen molar-refractivity contribution in [2.75, 3.05) is 13.1 Å². The van der Waals surface area contributed by atoms with Gasteiger partial charge in [0.25, 0.3) is 0 Å². The fraction of sp³-hybridized carbons (Fsp3) is 0.250. The lowest BCUT2D eigenvalue weighted by Gasteiger charge is -2.24. The van der Waals surface area contributed by atoms with E-state index in [-0.39, 0.29) is 12.5 Å². The second-order valence-corrected chi connectivity index (χ2v) is 4.49. The Hall–Kier alpha value is -2.56. The van der Waals surface area contributed by atoms with Gasteiger partial charge in [-0.2, -0.15) is 0 Å². The number of aliphatic carboxylic acids is 1. The SMILES string of the molecule is C=CCN(CC=C)C(=O)NC(CC(=O)O)c1ccccc1. The molecule has 1 rings (SSSR count). The Balaban J connectivity index is 2.84. The molecule has 5 heteroatoms. The number of rotatable bonds is 8. The Labute approximate surface area is 124 Å². The molecule has 0 aliphatic carbocycles. The number of carboxylic acids is 1. The van der Waals surface area contributed by atoms with Gasteiger partial charge >= 0.3 is 12.0 Å². The van der Waals surface area contributed by atoms with Gasteiger partial charge in [-0.1, -0.05) is 42.5 Å². The summed E-state index contributed by atoms with van der Waals surface area (Å²) in [6, 6.07) is 8.12. The van der Waals surface area contributed by atoms with Crippen LogP contribution in [0.2, 0.25) is 0 Å². The van der Waals surface area contributed by atoms with Crippen LogP contribution in [0.5, 0.6) is 0 Å². The van der Waals surface area contributed by atoms with E-state index in [1.807, 2.05) is 18.2 Å². The van der Waals surface area contributed by atoms with E-state index < -0.39 is 12.0 Å². The second kappa shape index (κ2) is 8.58. The van der Waals surface area contributed by atoms with Crippen LogP contribution in [-0.4, -0.2) is 35.1 Å². The van der Waals surface area contributed by atoms with Gasteiger partial charge in [-0.25, -0.2) is 4.79 Å². The van der Waals surface area contributed by atoms with E-state index in [9.17, 15) is 9.59 Å². The van der Waals surface area contributed by atoms with Gasteiger partial charge in [0.2, 0.25) is 0 Å². The molecule has 5 nitrogen and oxygen atoms in total. The molecular formula is C16H20N2O3. The average molecular weight is 288 g/mol. The molecule has 0 fully saturated rings. The first kappa shape index (κ1) is 16.5. The molecule has 0 spiro atoms. The lowest BCUT2D eigenvalue weighted by atomic mass is 10.0. The largest absolute Gasteiger partial charge is 0.481 e. The van der Waals surface area contributed by atoms with Gasteiger partial charge in [0.1, 0.15) is 0 Å². The predicted molar refractivity (Wildman–Crippen MR) is 81.9 cm³/mol. The van der Waals surface area contributed by atoms with Crippen LogP contribution in [0.25, 0.3) is 0 Å². The van der Waals surface area contributed by atoms with Crippen LogP contribution in [0.4, 0.5) is 4.79 Å². The lowest BCUT2D eigenvalue weighted by Crippen LogP contribution is -2.42. The molecule has 0 bridgehead atoms. The third-order valence-corrected chi connectivity index (χ3v) is 2.86. The highest BCUT2D eigenvalue weighted by atomic mass is 16.4. The number of nitrogens with zero attached hydrogens (tertiary/aromatic N) is 1. The Morgan fingerprint density at radius 1 is 1.19 bits per heavy atom. The minimum atomic E-state index is -0.969. The number of benzene rings is 1. The fourth-order valence-electron chi connectivity index (χ4n) is 1.90. The molecule has 0 saturated carbocycles. The fourth-order valence-corrected chi connectivity index (χ4v) is 1.90. The summed E-state index contributed by atoms with van der Waals surface area (Å²) in [6.07, 6.45) is 3.04. The van der Waals surface area contributed by atoms with Crippen LogP contribution < -0.4 is 5.32 Å². The number of hydrogen-bond donors (Lipinski definition) is 2. The van der Waals surface area contributed by atoms with Crippen LogP contribution in [0.3, 0.4) is 0 Å². The second-order valence-electron chi connectivity index (χ2n) is 4.49. The van der Waals surface area contributed by atoms with Crippen LogP contribution in [0.15, 0.2) is 55.6 Å². The van der Waals surface area contributed by atoms with E-state index in [4.69, 9.17) is 5.11 Å². The normalized spacial score (nSPS) is 11.2. The topological polar surface area (TPSA) is 69.6 Å². The van der Waals surface area contributed by atoms with Crippen molar-refractivity contribution in [3.63, 3.8) is 0 Å². The molecule has 1 aromatic rings. The van der Waals surface area contributed by atoms with Crippen molar-refractivity contribution in [2.45, 2.75) is 12.5 Å².